The lowest BCUT2D eigenvalue weighted by Gasteiger charge is -2.47. The second-order valence-corrected chi connectivity index (χ2v) is 9.89. The number of thiophene rings is 1. The number of Topliss-reactive ketones (excluding diaryl/α,β-unsaturated/α-hetero) is 1. The van der Waals surface area contributed by atoms with E-state index in [1.807, 2.05) is 41.1 Å². The number of hydrogen-bond donors (Lipinski definition) is 0. The predicted molar refractivity (Wildman–Crippen MR) is 126 cm³/mol. The summed E-state index contributed by atoms with van der Waals surface area (Å²) in [6, 6.07) is 9.73. The first-order chi connectivity index (χ1) is 13.8. The first-order valence-electron chi connectivity index (χ1n) is 8.74. The first-order valence-corrected chi connectivity index (χ1v) is 11.7. The summed E-state index contributed by atoms with van der Waals surface area (Å²) in [4.78, 5) is 29.0. The lowest BCUT2D eigenvalue weighted by molar-refractivity contribution is -0.144. The lowest BCUT2D eigenvalue weighted by Crippen LogP contribution is -2.58. The summed E-state index contributed by atoms with van der Waals surface area (Å²) < 4.78 is 0.893. The Hall–Kier alpha value is -1.60. The van der Waals surface area contributed by atoms with Crippen LogP contribution in [0.5, 0.6) is 0 Å². The molecule has 0 N–H and O–H groups in total. The second kappa shape index (κ2) is 9.04. The third-order valence-electron chi connectivity index (χ3n) is 4.93. The molecule has 1 aromatic heterocycles. The molecule has 0 spiro atoms. The summed E-state index contributed by atoms with van der Waals surface area (Å²) in [5, 5.41) is 3.36. The molecule has 150 valence electrons. The number of hydrogen-bond acceptors (Lipinski definition) is 4. The summed E-state index contributed by atoms with van der Waals surface area (Å²) in [5.41, 5.74) is 0.966. The lowest BCUT2D eigenvalue weighted by atomic mass is 9.75. The van der Waals surface area contributed by atoms with Gasteiger partial charge in [-0.3, -0.25) is 9.59 Å². The molecule has 1 fully saturated rings. The summed E-state index contributed by atoms with van der Waals surface area (Å²) in [7, 11) is 1.76. The molecule has 1 amide bonds. The van der Waals surface area contributed by atoms with Crippen molar-refractivity contribution in [2.45, 2.75) is 17.2 Å². The maximum absolute atomic E-state index is 13.4. The number of likely N-dealkylation sites (tertiary alicyclic amines) is 1. The Morgan fingerprint density at radius 2 is 2.14 bits per heavy atom. The summed E-state index contributed by atoms with van der Waals surface area (Å²) in [6.45, 7) is 7.38. The van der Waals surface area contributed by atoms with Crippen LogP contribution in [-0.4, -0.2) is 28.9 Å². The molecule has 2 unspecified atom stereocenters. The average Bonchev–Trinajstić information content (AvgIpc) is 3.22. The van der Waals surface area contributed by atoms with E-state index in [4.69, 9.17) is 11.6 Å². The molecular weight excluding hydrogens is 490 g/mol. The van der Waals surface area contributed by atoms with E-state index in [0.717, 1.165) is 27.4 Å². The Morgan fingerprint density at radius 1 is 1.38 bits per heavy atom. The smallest absolute Gasteiger partial charge is 0.244 e. The molecule has 2 heterocycles. The fourth-order valence-corrected chi connectivity index (χ4v) is 5.86. The SMILES string of the molecule is C=C/C=C(/SC1C(=O)CC(c2ccsc2)(c2cccc(Br)c2)N(C)C1=O)C(=C)Cl. The van der Waals surface area contributed by atoms with E-state index in [-0.39, 0.29) is 23.1 Å². The number of thioether (sulfide) groups is 1. The van der Waals surface area contributed by atoms with E-state index >= 15 is 0 Å². The van der Waals surface area contributed by atoms with Crippen LogP contribution in [0.1, 0.15) is 17.5 Å². The van der Waals surface area contributed by atoms with Gasteiger partial charge in [0.05, 0.1) is 0 Å². The monoisotopic (exact) mass is 507 g/mol. The van der Waals surface area contributed by atoms with Crippen LogP contribution in [0, 0.1) is 0 Å². The fourth-order valence-electron chi connectivity index (χ4n) is 3.51. The van der Waals surface area contributed by atoms with Gasteiger partial charge in [0, 0.05) is 27.9 Å². The third-order valence-corrected chi connectivity index (χ3v) is 7.76. The van der Waals surface area contributed by atoms with Crippen molar-refractivity contribution in [2.75, 3.05) is 7.05 Å². The molecule has 2 atom stereocenters. The fraction of sp³-hybridized carbons (Fsp3) is 0.182. The number of benzene rings is 1. The Bertz CT molecular complexity index is 1000. The highest BCUT2D eigenvalue weighted by atomic mass is 79.9. The van der Waals surface area contributed by atoms with E-state index in [9.17, 15) is 9.59 Å². The van der Waals surface area contributed by atoms with Gasteiger partial charge in [-0.05, 0) is 46.2 Å². The van der Waals surface area contributed by atoms with Gasteiger partial charge in [-0.1, -0.05) is 58.9 Å². The van der Waals surface area contributed by atoms with Gasteiger partial charge < -0.3 is 4.90 Å². The molecular formula is C22H19BrClNO2S2. The number of rotatable bonds is 6. The number of piperidine rings is 1. The standard InChI is InChI=1S/C22H19BrClNO2S2/c1-4-6-19(14(2)24)29-20-18(26)12-22(25(3)21(20)27,16-9-10-28-13-16)15-7-5-8-17(23)11-15/h4-11,13,20H,1-2,12H2,3H3/b19-6+. The van der Waals surface area contributed by atoms with Gasteiger partial charge in [-0.15, -0.1) is 11.8 Å². The van der Waals surface area contributed by atoms with Crippen molar-refractivity contribution >= 4 is 62.3 Å². The van der Waals surface area contributed by atoms with Crippen molar-refractivity contribution in [1.29, 1.82) is 0 Å². The highest BCUT2D eigenvalue weighted by molar-refractivity contribution is 9.10. The largest absolute Gasteiger partial charge is 0.330 e. The topological polar surface area (TPSA) is 37.4 Å². The van der Waals surface area contributed by atoms with Crippen LogP contribution in [0.3, 0.4) is 0 Å². The average molecular weight is 509 g/mol. The van der Waals surface area contributed by atoms with Crippen LogP contribution in [0.15, 0.2) is 80.8 Å². The molecule has 0 radical (unpaired) electrons. The van der Waals surface area contributed by atoms with Crippen LogP contribution in [0.25, 0.3) is 0 Å². The maximum Gasteiger partial charge on any atom is 0.244 e. The van der Waals surface area contributed by atoms with Crippen molar-refractivity contribution in [3.05, 3.63) is 91.9 Å². The number of amides is 1. The summed E-state index contributed by atoms with van der Waals surface area (Å²) in [5.74, 6) is -0.401. The van der Waals surface area contributed by atoms with E-state index in [0.29, 0.717) is 4.91 Å². The van der Waals surface area contributed by atoms with Gasteiger partial charge in [0.1, 0.15) is 10.8 Å². The van der Waals surface area contributed by atoms with Crippen LogP contribution < -0.4 is 0 Å². The third kappa shape index (κ3) is 4.17. The second-order valence-electron chi connectivity index (χ2n) is 6.59. The normalized spacial score (nSPS) is 22.7. The van der Waals surface area contributed by atoms with Crippen molar-refractivity contribution in [1.82, 2.24) is 4.90 Å². The van der Waals surface area contributed by atoms with Crippen molar-refractivity contribution in [3.63, 3.8) is 0 Å². The number of ketones is 1. The van der Waals surface area contributed by atoms with Crippen LogP contribution in [0.4, 0.5) is 0 Å². The first kappa shape index (κ1) is 22.1. The minimum atomic E-state index is -0.874. The number of carbonyl (C=O) groups excluding carboxylic acids is 2. The molecule has 2 aromatic rings. The predicted octanol–water partition coefficient (Wildman–Crippen LogP) is 6.11. The van der Waals surface area contributed by atoms with E-state index in [1.54, 1.807) is 35.4 Å². The maximum atomic E-state index is 13.4. The zero-order valence-corrected chi connectivity index (χ0v) is 19.7. The van der Waals surface area contributed by atoms with Gasteiger partial charge in [-0.25, -0.2) is 0 Å². The Balaban J connectivity index is 2.08. The van der Waals surface area contributed by atoms with Gasteiger partial charge in [0.15, 0.2) is 5.78 Å². The Labute approximate surface area is 192 Å². The molecule has 7 heteroatoms. The van der Waals surface area contributed by atoms with Gasteiger partial charge in [-0.2, -0.15) is 11.3 Å². The highest BCUT2D eigenvalue weighted by Crippen LogP contribution is 2.46. The molecule has 3 nitrogen and oxygen atoms in total. The molecule has 0 bridgehead atoms. The number of carbonyl (C=O) groups is 2. The molecule has 1 aliphatic rings. The van der Waals surface area contributed by atoms with E-state index in [1.165, 1.54) is 0 Å². The van der Waals surface area contributed by atoms with Gasteiger partial charge >= 0.3 is 0 Å². The highest BCUT2D eigenvalue weighted by Gasteiger charge is 2.51. The van der Waals surface area contributed by atoms with Crippen molar-refractivity contribution in [2.24, 2.45) is 0 Å². The number of halogens is 2. The van der Waals surface area contributed by atoms with Crippen LogP contribution >= 0.6 is 50.6 Å². The van der Waals surface area contributed by atoms with Crippen molar-refractivity contribution in [3.8, 4) is 0 Å². The van der Waals surface area contributed by atoms with Crippen LogP contribution in [0.2, 0.25) is 0 Å². The summed E-state index contributed by atoms with van der Waals surface area (Å²) >= 11 is 12.2. The molecule has 1 aromatic carbocycles. The van der Waals surface area contributed by atoms with E-state index in [2.05, 4.69) is 29.1 Å². The number of allylic oxidation sites excluding steroid dienone is 3. The van der Waals surface area contributed by atoms with Gasteiger partial charge in [0.2, 0.25) is 5.91 Å². The minimum absolute atomic E-state index is 0.142. The molecule has 1 aliphatic heterocycles. The Kier molecular flexibility index (Phi) is 6.89. The molecule has 0 saturated carbocycles. The van der Waals surface area contributed by atoms with Crippen LogP contribution in [-0.2, 0) is 15.1 Å². The molecule has 0 aliphatic carbocycles. The zero-order chi connectivity index (χ0) is 21.2. The molecule has 1 saturated heterocycles. The summed E-state index contributed by atoms with van der Waals surface area (Å²) in [6.07, 6.45) is 3.40. The molecule has 29 heavy (non-hydrogen) atoms. The Morgan fingerprint density at radius 3 is 2.72 bits per heavy atom. The number of nitrogens with zero attached hydrogens (tertiary/aromatic N) is 1. The van der Waals surface area contributed by atoms with E-state index < -0.39 is 10.8 Å². The zero-order valence-electron chi connectivity index (χ0n) is 15.7. The minimum Gasteiger partial charge on any atom is -0.330 e. The van der Waals surface area contributed by atoms with Crippen molar-refractivity contribution < 1.29 is 9.59 Å². The van der Waals surface area contributed by atoms with Gasteiger partial charge in [0.25, 0.3) is 0 Å². The molecule has 3 rings (SSSR count). The quantitative estimate of drug-likeness (QED) is 0.349.